The van der Waals surface area contributed by atoms with Crippen LogP contribution in [0.2, 0.25) is 0 Å². The standard InChI is InChI=1S/C17H12N2O/c1-11-5-6-13-12-7-9-18-10-15(12)20-17(13)16(11)14-4-2-3-8-19-14/h2-10H,1H3. The summed E-state index contributed by atoms with van der Waals surface area (Å²) in [4.78, 5) is 8.58. The first-order valence-electron chi connectivity index (χ1n) is 6.52. The van der Waals surface area contributed by atoms with Crippen LogP contribution in [0, 0.1) is 6.92 Å². The van der Waals surface area contributed by atoms with Gasteiger partial charge in [0.2, 0.25) is 0 Å². The minimum absolute atomic E-state index is 0.810. The summed E-state index contributed by atoms with van der Waals surface area (Å²) < 4.78 is 6.02. The molecule has 1 aromatic carbocycles. The van der Waals surface area contributed by atoms with Gasteiger partial charge in [0.25, 0.3) is 0 Å². The molecule has 3 heterocycles. The van der Waals surface area contributed by atoms with Gasteiger partial charge in [-0.05, 0) is 30.7 Å². The number of hydrogen-bond acceptors (Lipinski definition) is 3. The second kappa shape index (κ2) is 4.17. The Morgan fingerprint density at radius 2 is 1.90 bits per heavy atom. The van der Waals surface area contributed by atoms with E-state index in [2.05, 4.69) is 29.0 Å². The van der Waals surface area contributed by atoms with E-state index in [1.54, 1.807) is 18.6 Å². The minimum atomic E-state index is 0.810. The second-order valence-corrected chi connectivity index (χ2v) is 4.82. The van der Waals surface area contributed by atoms with Gasteiger partial charge >= 0.3 is 0 Å². The maximum atomic E-state index is 6.02. The molecule has 3 aromatic heterocycles. The molecule has 0 atom stereocenters. The molecule has 0 aliphatic heterocycles. The van der Waals surface area contributed by atoms with Crippen molar-refractivity contribution in [3.05, 3.63) is 60.6 Å². The number of rotatable bonds is 1. The molecule has 0 spiro atoms. The van der Waals surface area contributed by atoms with E-state index in [0.29, 0.717) is 0 Å². The monoisotopic (exact) mass is 260 g/mol. The SMILES string of the molecule is Cc1ccc2c(oc3cnccc32)c1-c1ccccn1. The number of aryl methyl sites for hydroxylation is 1. The Balaban J connectivity index is 2.17. The van der Waals surface area contributed by atoms with Gasteiger partial charge in [-0.25, -0.2) is 0 Å². The fourth-order valence-electron chi connectivity index (χ4n) is 2.62. The van der Waals surface area contributed by atoms with E-state index >= 15 is 0 Å². The number of benzene rings is 1. The van der Waals surface area contributed by atoms with Crippen LogP contribution in [0.5, 0.6) is 0 Å². The van der Waals surface area contributed by atoms with E-state index < -0.39 is 0 Å². The lowest BCUT2D eigenvalue weighted by Gasteiger charge is -2.05. The molecule has 0 radical (unpaired) electrons. The predicted octanol–water partition coefficient (Wildman–Crippen LogP) is 4.35. The molecule has 0 N–H and O–H groups in total. The summed E-state index contributed by atoms with van der Waals surface area (Å²) in [5.74, 6) is 0. The molecule has 3 nitrogen and oxygen atoms in total. The van der Waals surface area contributed by atoms with Crippen LogP contribution in [-0.2, 0) is 0 Å². The predicted molar refractivity (Wildman–Crippen MR) is 79.5 cm³/mol. The summed E-state index contributed by atoms with van der Waals surface area (Å²) in [7, 11) is 0. The maximum Gasteiger partial charge on any atom is 0.153 e. The summed E-state index contributed by atoms with van der Waals surface area (Å²) in [5.41, 5.74) is 4.84. The third-order valence-corrected chi connectivity index (χ3v) is 3.57. The maximum absolute atomic E-state index is 6.02. The summed E-state index contributed by atoms with van der Waals surface area (Å²) in [6, 6.07) is 12.1. The van der Waals surface area contributed by atoms with Crippen LogP contribution in [0.3, 0.4) is 0 Å². The zero-order valence-electron chi connectivity index (χ0n) is 11.0. The van der Waals surface area contributed by atoms with Crippen LogP contribution >= 0.6 is 0 Å². The van der Waals surface area contributed by atoms with Crippen molar-refractivity contribution in [3.8, 4) is 11.3 Å². The van der Waals surface area contributed by atoms with Crippen molar-refractivity contribution in [3.63, 3.8) is 0 Å². The third-order valence-electron chi connectivity index (χ3n) is 3.57. The highest BCUT2D eigenvalue weighted by Crippen LogP contribution is 2.36. The molecule has 96 valence electrons. The van der Waals surface area contributed by atoms with Gasteiger partial charge in [-0.1, -0.05) is 18.2 Å². The van der Waals surface area contributed by atoms with E-state index in [1.807, 2.05) is 24.3 Å². The first-order valence-corrected chi connectivity index (χ1v) is 6.52. The number of pyridine rings is 2. The van der Waals surface area contributed by atoms with Crippen molar-refractivity contribution in [2.45, 2.75) is 6.92 Å². The first kappa shape index (κ1) is 11.2. The average molecular weight is 260 g/mol. The lowest BCUT2D eigenvalue weighted by Crippen LogP contribution is -1.86. The molecule has 0 fully saturated rings. The Bertz CT molecular complexity index is 910. The van der Waals surface area contributed by atoms with Crippen molar-refractivity contribution in [2.75, 3.05) is 0 Å². The van der Waals surface area contributed by atoms with Crippen LogP contribution in [0.25, 0.3) is 33.2 Å². The molecule has 0 aliphatic carbocycles. The summed E-state index contributed by atoms with van der Waals surface area (Å²) >= 11 is 0. The fourth-order valence-corrected chi connectivity index (χ4v) is 2.62. The van der Waals surface area contributed by atoms with Gasteiger partial charge in [-0.15, -0.1) is 0 Å². The van der Waals surface area contributed by atoms with Gasteiger partial charge in [0.05, 0.1) is 11.9 Å². The van der Waals surface area contributed by atoms with Crippen molar-refractivity contribution in [1.82, 2.24) is 9.97 Å². The normalized spacial score (nSPS) is 11.2. The molecule has 20 heavy (non-hydrogen) atoms. The van der Waals surface area contributed by atoms with Gasteiger partial charge in [-0.3, -0.25) is 9.97 Å². The molecular formula is C17H12N2O. The van der Waals surface area contributed by atoms with Crippen LogP contribution < -0.4 is 0 Å². The Kier molecular flexibility index (Phi) is 2.33. The summed E-state index contributed by atoms with van der Waals surface area (Å²) in [6.07, 6.45) is 5.35. The lowest BCUT2D eigenvalue weighted by molar-refractivity contribution is 0.667. The zero-order valence-corrected chi connectivity index (χ0v) is 11.0. The van der Waals surface area contributed by atoms with Crippen molar-refractivity contribution >= 4 is 21.9 Å². The minimum Gasteiger partial charge on any atom is -0.454 e. The molecular weight excluding hydrogens is 248 g/mol. The molecule has 0 saturated carbocycles. The van der Waals surface area contributed by atoms with E-state index in [-0.39, 0.29) is 0 Å². The molecule has 0 aliphatic rings. The molecule has 3 heteroatoms. The van der Waals surface area contributed by atoms with Crippen LogP contribution in [-0.4, -0.2) is 9.97 Å². The highest BCUT2D eigenvalue weighted by molar-refractivity contribution is 6.09. The van der Waals surface area contributed by atoms with Crippen LogP contribution in [0.1, 0.15) is 5.56 Å². The largest absolute Gasteiger partial charge is 0.454 e. The lowest BCUT2D eigenvalue weighted by atomic mass is 10.0. The molecule has 0 saturated heterocycles. The second-order valence-electron chi connectivity index (χ2n) is 4.82. The number of hydrogen-bond donors (Lipinski definition) is 0. The van der Waals surface area contributed by atoms with Crippen molar-refractivity contribution in [1.29, 1.82) is 0 Å². The Labute approximate surface area is 115 Å². The van der Waals surface area contributed by atoms with E-state index in [1.165, 1.54) is 0 Å². The Morgan fingerprint density at radius 3 is 2.75 bits per heavy atom. The van der Waals surface area contributed by atoms with Crippen molar-refractivity contribution in [2.24, 2.45) is 0 Å². The van der Waals surface area contributed by atoms with Gasteiger partial charge in [-0.2, -0.15) is 0 Å². The molecule has 0 amide bonds. The van der Waals surface area contributed by atoms with Crippen molar-refractivity contribution < 1.29 is 4.42 Å². The number of aromatic nitrogens is 2. The first-order chi connectivity index (χ1) is 9.84. The molecule has 4 rings (SSSR count). The van der Waals surface area contributed by atoms with E-state index in [0.717, 1.165) is 38.8 Å². The van der Waals surface area contributed by atoms with E-state index in [4.69, 9.17) is 4.42 Å². The molecule has 0 unspecified atom stereocenters. The van der Waals surface area contributed by atoms with Gasteiger partial charge in [0, 0.05) is 28.7 Å². The quantitative estimate of drug-likeness (QED) is 0.510. The summed E-state index contributed by atoms with van der Waals surface area (Å²) in [6.45, 7) is 2.08. The molecule has 0 bridgehead atoms. The van der Waals surface area contributed by atoms with E-state index in [9.17, 15) is 0 Å². The molecule has 4 aromatic rings. The summed E-state index contributed by atoms with van der Waals surface area (Å²) in [5, 5.41) is 2.20. The number of nitrogens with zero attached hydrogens (tertiary/aromatic N) is 2. The Hall–Kier alpha value is -2.68. The highest BCUT2D eigenvalue weighted by atomic mass is 16.3. The third kappa shape index (κ3) is 1.53. The van der Waals surface area contributed by atoms with Gasteiger partial charge in [0.15, 0.2) is 5.58 Å². The van der Waals surface area contributed by atoms with Gasteiger partial charge in [0.1, 0.15) is 5.58 Å². The van der Waals surface area contributed by atoms with Crippen LogP contribution in [0.15, 0.2) is 59.4 Å². The number of fused-ring (bicyclic) bond motifs is 3. The highest BCUT2D eigenvalue weighted by Gasteiger charge is 2.14. The topological polar surface area (TPSA) is 38.9 Å². The average Bonchev–Trinajstić information content (AvgIpc) is 2.86. The Morgan fingerprint density at radius 1 is 0.950 bits per heavy atom. The smallest absolute Gasteiger partial charge is 0.153 e. The fraction of sp³-hybridized carbons (Fsp3) is 0.0588. The number of furan rings is 1. The van der Waals surface area contributed by atoms with Crippen LogP contribution in [0.4, 0.5) is 0 Å². The van der Waals surface area contributed by atoms with Gasteiger partial charge < -0.3 is 4.42 Å². The zero-order chi connectivity index (χ0) is 13.5.